The summed E-state index contributed by atoms with van der Waals surface area (Å²) in [7, 11) is 2.23. The fourth-order valence-corrected chi connectivity index (χ4v) is 2.85. The molecule has 0 amide bonds. The van der Waals surface area contributed by atoms with Crippen molar-refractivity contribution in [1.82, 2.24) is 10.2 Å². The van der Waals surface area contributed by atoms with Gasteiger partial charge in [0.25, 0.3) is 0 Å². The number of ether oxygens (including phenoxy) is 1. The summed E-state index contributed by atoms with van der Waals surface area (Å²) in [6.07, 6.45) is 7.85. The van der Waals surface area contributed by atoms with Gasteiger partial charge in [-0.15, -0.1) is 0 Å². The third-order valence-corrected chi connectivity index (χ3v) is 4.60. The first kappa shape index (κ1) is 15.3. The summed E-state index contributed by atoms with van der Waals surface area (Å²) in [5, 5.41) is 3.55. The van der Waals surface area contributed by atoms with Gasteiger partial charge in [0.15, 0.2) is 0 Å². The van der Waals surface area contributed by atoms with E-state index in [1.807, 2.05) is 0 Å². The molecule has 2 rings (SSSR count). The summed E-state index contributed by atoms with van der Waals surface area (Å²) in [6.45, 7) is 8.77. The minimum absolute atomic E-state index is 0.217. The molecule has 3 nitrogen and oxygen atoms in total. The monoisotopic (exact) mass is 268 g/mol. The first-order valence-electron chi connectivity index (χ1n) is 8.16. The van der Waals surface area contributed by atoms with Crippen LogP contribution in [0.2, 0.25) is 0 Å². The van der Waals surface area contributed by atoms with Crippen molar-refractivity contribution in [1.29, 1.82) is 0 Å². The molecule has 2 saturated carbocycles. The molecule has 2 fully saturated rings. The Morgan fingerprint density at radius 2 is 2.05 bits per heavy atom. The smallest absolute Gasteiger partial charge is 0.0695 e. The molecule has 0 bridgehead atoms. The van der Waals surface area contributed by atoms with Crippen molar-refractivity contribution >= 4 is 0 Å². The lowest BCUT2D eigenvalue weighted by Crippen LogP contribution is -2.44. The van der Waals surface area contributed by atoms with Crippen LogP contribution in [0.4, 0.5) is 0 Å². The van der Waals surface area contributed by atoms with Crippen molar-refractivity contribution in [3.8, 4) is 0 Å². The topological polar surface area (TPSA) is 24.5 Å². The molecular weight excluding hydrogens is 236 g/mol. The third kappa shape index (κ3) is 5.05. The van der Waals surface area contributed by atoms with Crippen LogP contribution in [0.3, 0.4) is 0 Å². The van der Waals surface area contributed by atoms with Gasteiger partial charge in [-0.25, -0.2) is 0 Å². The van der Waals surface area contributed by atoms with E-state index in [0.29, 0.717) is 0 Å². The lowest BCUT2D eigenvalue weighted by molar-refractivity contribution is -0.108. The van der Waals surface area contributed by atoms with E-state index in [4.69, 9.17) is 4.74 Å². The fraction of sp³-hybridized carbons (Fsp3) is 1.00. The molecule has 1 N–H and O–H groups in total. The Morgan fingerprint density at radius 3 is 2.58 bits per heavy atom. The van der Waals surface area contributed by atoms with Crippen LogP contribution in [0, 0.1) is 5.92 Å². The van der Waals surface area contributed by atoms with Crippen molar-refractivity contribution in [2.45, 2.75) is 64.0 Å². The van der Waals surface area contributed by atoms with Crippen molar-refractivity contribution < 1.29 is 4.74 Å². The van der Waals surface area contributed by atoms with E-state index in [-0.39, 0.29) is 5.60 Å². The largest absolute Gasteiger partial charge is 0.374 e. The zero-order chi connectivity index (χ0) is 13.7. The molecule has 0 unspecified atom stereocenters. The van der Waals surface area contributed by atoms with Crippen molar-refractivity contribution in [3.05, 3.63) is 0 Å². The second-order valence-electron chi connectivity index (χ2n) is 6.94. The molecule has 0 aromatic heterocycles. The quantitative estimate of drug-likeness (QED) is 0.617. The second kappa shape index (κ2) is 7.05. The first-order valence-corrected chi connectivity index (χ1v) is 8.16. The molecule has 0 radical (unpaired) electrons. The van der Waals surface area contributed by atoms with Gasteiger partial charge >= 0.3 is 0 Å². The highest BCUT2D eigenvalue weighted by Gasteiger charge is 2.37. The fourth-order valence-electron chi connectivity index (χ4n) is 2.85. The van der Waals surface area contributed by atoms with Crippen LogP contribution in [0.1, 0.15) is 52.4 Å². The lowest BCUT2D eigenvalue weighted by Gasteiger charge is -2.42. The highest BCUT2D eigenvalue weighted by atomic mass is 16.5. The number of rotatable bonds is 10. The Balaban J connectivity index is 1.58. The molecule has 19 heavy (non-hydrogen) atoms. The van der Waals surface area contributed by atoms with Gasteiger partial charge < -0.3 is 15.0 Å². The van der Waals surface area contributed by atoms with Gasteiger partial charge in [-0.05, 0) is 64.6 Å². The van der Waals surface area contributed by atoms with Gasteiger partial charge in [0.1, 0.15) is 0 Å². The molecule has 0 aliphatic heterocycles. The SMILES string of the molecule is CC(C)CNCCC1(OCCN(C)C2CC2)CCC1. The Labute approximate surface area is 119 Å². The predicted octanol–water partition coefficient (Wildman–Crippen LogP) is 2.66. The summed E-state index contributed by atoms with van der Waals surface area (Å²) in [5.74, 6) is 0.741. The van der Waals surface area contributed by atoms with Gasteiger partial charge in [-0.2, -0.15) is 0 Å². The van der Waals surface area contributed by atoms with Gasteiger partial charge in [-0.3, -0.25) is 0 Å². The zero-order valence-electron chi connectivity index (χ0n) is 13.1. The highest BCUT2D eigenvalue weighted by Crippen LogP contribution is 2.38. The van der Waals surface area contributed by atoms with Crippen LogP contribution < -0.4 is 5.32 Å². The molecule has 2 aliphatic carbocycles. The van der Waals surface area contributed by atoms with E-state index < -0.39 is 0 Å². The third-order valence-electron chi connectivity index (χ3n) is 4.60. The Kier molecular flexibility index (Phi) is 5.67. The van der Waals surface area contributed by atoms with E-state index in [9.17, 15) is 0 Å². The first-order chi connectivity index (χ1) is 9.11. The summed E-state index contributed by atoms with van der Waals surface area (Å²) in [6, 6.07) is 0.855. The van der Waals surface area contributed by atoms with Crippen LogP contribution in [0.25, 0.3) is 0 Å². The maximum Gasteiger partial charge on any atom is 0.0695 e. The lowest BCUT2D eigenvalue weighted by atomic mass is 9.77. The van der Waals surface area contributed by atoms with E-state index >= 15 is 0 Å². The van der Waals surface area contributed by atoms with Gasteiger partial charge in [0.2, 0.25) is 0 Å². The number of hydrogen-bond acceptors (Lipinski definition) is 3. The molecule has 3 heteroatoms. The molecule has 0 aromatic carbocycles. The molecule has 0 spiro atoms. The van der Waals surface area contributed by atoms with Gasteiger partial charge in [-0.1, -0.05) is 13.8 Å². The Hall–Kier alpha value is -0.120. The van der Waals surface area contributed by atoms with Crippen molar-refractivity contribution in [2.75, 3.05) is 33.3 Å². The standard InChI is InChI=1S/C16H32N2O/c1-14(2)13-17-10-9-16(7-4-8-16)19-12-11-18(3)15-5-6-15/h14-15,17H,4-13H2,1-3H3. The maximum atomic E-state index is 6.24. The van der Waals surface area contributed by atoms with Crippen LogP contribution >= 0.6 is 0 Å². The average Bonchev–Trinajstić information content (AvgIpc) is 3.13. The Morgan fingerprint density at radius 1 is 1.32 bits per heavy atom. The van der Waals surface area contributed by atoms with E-state index in [2.05, 4.69) is 31.1 Å². The summed E-state index contributed by atoms with van der Waals surface area (Å²) in [5.41, 5.74) is 0.217. The zero-order valence-corrected chi connectivity index (χ0v) is 13.1. The molecule has 112 valence electrons. The van der Waals surface area contributed by atoms with Gasteiger partial charge in [0, 0.05) is 12.6 Å². The molecule has 0 aromatic rings. The van der Waals surface area contributed by atoms with E-state index in [1.54, 1.807) is 0 Å². The molecule has 0 atom stereocenters. The van der Waals surface area contributed by atoms with Crippen LogP contribution in [0.15, 0.2) is 0 Å². The molecule has 2 aliphatic rings. The van der Waals surface area contributed by atoms with Crippen molar-refractivity contribution in [3.63, 3.8) is 0 Å². The summed E-state index contributed by atoms with van der Waals surface area (Å²) in [4.78, 5) is 2.46. The number of nitrogens with one attached hydrogen (secondary N) is 1. The minimum Gasteiger partial charge on any atom is -0.374 e. The summed E-state index contributed by atoms with van der Waals surface area (Å²) < 4.78 is 6.24. The highest BCUT2D eigenvalue weighted by molar-refractivity contribution is 4.90. The maximum absolute atomic E-state index is 6.24. The van der Waals surface area contributed by atoms with E-state index in [1.165, 1.54) is 38.5 Å². The molecular formula is C16H32N2O. The summed E-state index contributed by atoms with van der Waals surface area (Å²) >= 11 is 0. The minimum atomic E-state index is 0.217. The van der Waals surface area contributed by atoms with Gasteiger partial charge in [0.05, 0.1) is 12.2 Å². The normalized spacial score (nSPS) is 21.9. The number of hydrogen-bond donors (Lipinski definition) is 1. The predicted molar refractivity (Wildman–Crippen MR) is 80.5 cm³/mol. The number of likely N-dealkylation sites (N-methyl/N-ethyl adjacent to an activating group) is 1. The van der Waals surface area contributed by atoms with E-state index in [0.717, 1.165) is 38.2 Å². The Bertz CT molecular complexity index is 259. The molecule has 0 heterocycles. The van der Waals surface area contributed by atoms with Crippen LogP contribution in [-0.4, -0.2) is 49.8 Å². The van der Waals surface area contributed by atoms with Crippen molar-refractivity contribution in [2.24, 2.45) is 5.92 Å². The second-order valence-corrected chi connectivity index (χ2v) is 6.94. The average molecular weight is 268 g/mol. The number of nitrogens with zero attached hydrogens (tertiary/aromatic N) is 1. The molecule has 0 saturated heterocycles. The van der Waals surface area contributed by atoms with Crippen LogP contribution in [-0.2, 0) is 4.74 Å². The van der Waals surface area contributed by atoms with Crippen LogP contribution in [0.5, 0.6) is 0 Å².